The smallest absolute Gasteiger partial charge is 0.374 e. The van der Waals surface area contributed by atoms with Gasteiger partial charge in [-0.15, -0.1) is 0 Å². The highest BCUT2D eigenvalue weighted by atomic mass is 16.6. The molecule has 7 heteroatoms. The molecule has 0 atom stereocenters. The molecule has 1 aromatic heterocycles. The third kappa shape index (κ3) is 3.30. The first-order valence-corrected chi connectivity index (χ1v) is 6.93. The maximum absolute atomic E-state index is 12.0. The van der Waals surface area contributed by atoms with Gasteiger partial charge in [-0.05, 0) is 12.5 Å². The number of fused-ring (bicyclic) bond motifs is 1. The largest absolute Gasteiger partial charge is 0.460 e. The fourth-order valence-electron chi connectivity index (χ4n) is 2.03. The molecule has 2 rings (SSSR count). The first kappa shape index (κ1) is 15.7. The number of hydrogen-bond acceptors (Lipinski definition) is 6. The molecular formula is C15H15NO6. The van der Waals surface area contributed by atoms with Gasteiger partial charge >= 0.3 is 5.97 Å². The molecule has 0 aliphatic rings. The zero-order chi connectivity index (χ0) is 16.1. The van der Waals surface area contributed by atoms with Gasteiger partial charge in [0.15, 0.2) is 0 Å². The van der Waals surface area contributed by atoms with Crippen molar-refractivity contribution in [2.24, 2.45) is 0 Å². The maximum Gasteiger partial charge on any atom is 0.374 e. The molecule has 0 unspecified atom stereocenters. The van der Waals surface area contributed by atoms with Gasteiger partial charge in [-0.2, -0.15) is 0 Å². The molecule has 0 radical (unpaired) electrons. The minimum absolute atomic E-state index is 0.0118. The molecule has 0 aliphatic heterocycles. The van der Waals surface area contributed by atoms with Crippen LogP contribution in [0.4, 0.5) is 5.69 Å². The highest BCUT2D eigenvalue weighted by molar-refractivity contribution is 5.91. The van der Waals surface area contributed by atoms with E-state index in [2.05, 4.69) is 0 Å². The van der Waals surface area contributed by atoms with Gasteiger partial charge in [0.25, 0.3) is 5.69 Å². The van der Waals surface area contributed by atoms with Crippen molar-refractivity contribution in [2.45, 2.75) is 26.2 Å². The number of ether oxygens (including phenoxy) is 1. The Kier molecular flexibility index (Phi) is 4.88. The second kappa shape index (κ2) is 6.84. The van der Waals surface area contributed by atoms with Gasteiger partial charge in [0.1, 0.15) is 11.0 Å². The summed E-state index contributed by atoms with van der Waals surface area (Å²) in [6.07, 6.45) is 2.65. The summed E-state index contributed by atoms with van der Waals surface area (Å²) in [5.74, 6) is -1.00. The van der Waals surface area contributed by atoms with Crippen LogP contribution in [0.2, 0.25) is 0 Å². The Hall–Kier alpha value is -2.70. The fourth-order valence-corrected chi connectivity index (χ4v) is 2.03. The third-order valence-electron chi connectivity index (χ3n) is 3.11. The van der Waals surface area contributed by atoms with E-state index < -0.39 is 16.3 Å². The number of benzene rings is 1. The fraction of sp³-hybridized carbons (Fsp3) is 0.333. The van der Waals surface area contributed by atoms with Crippen LogP contribution in [0.3, 0.4) is 0 Å². The van der Waals surface area contributed by atoms with Crippen LogP contribution >= 0.6 is 0 Å². The lowest BCUT2D eigenvalue weighted by atomic mass is 10.2. The van der Waals surface area contributed by atoms with Gasteiger partial charge in [-0.25, -0.2) is 4.79 Å². The van der Waals surface area contributed by atoms with Crippen molar-refractivity contribution in [2.75, 3.05) is 6.61 Å². The Morgan fingerprint density at radius 3 is 2.82 bits per heavy atom. The van der Waals surface area contributed by atoms with Crippen molar-refractivity contribution in [3.8, 4) is 0 Å². The predicted molar refractivity (Wildman–Crippen MR) is 78.9 cm³/mol. The highest BCUT2D eigenvalue weighted by Crippen LogP contribution is 2.23. The normalized spacial score (nSPS) is 10.6. The molecule has 0 aliphatic carbocycles. The monoisotopic (exact) mass is 305 g/mol. The number of carbonyl (C=O) groups excluding carboxylic acids is 1. The summed E-state index contributed by atoms with van der Waals surface area (Å²) in [5.41, 5.74) is -1.01. The van der Waals surface area contributed by atoms with Crippen molar-refractivity contribution in [3.63, 3.8) is 0 Å². The molecule has 116 valence electrons. The molecule has 0 saturated heterocycles. The Balaban J connectivity index is 2.33. The van der Waals surface area contributed by atoms with Crippen molar-refractivity contribution in [1.29, 1.82) is 0 Å². The van der Waals surface area contributed by atoms with Gasteiger partial charge in [-0.1, -0.05) is 25.8 Å². The quantitative estimate of drug-likeness (QED) is 0.352. The molecule has 0 bridgehead atoms. The summed E-state index contributed by atoms with van der Waals surface area (Å²) < 4.78 is 10.3. The second-order valence-corrected chi connectivity index (χ2v) is 4.73. The Bertz CT molecular complexity index is 764. The summed E-state index contributed by atoms with van der Waals surface area (Å²) in [6.45, 7) is 2.26. The maximum atomic E-state index is 12.0. The number of non-ortho nitro benzene ring substituents is 1. The molecular weight excluding hydrogens is 290 g/mol. The van der Waals surface area contributed by atoms with E-state index >= 15 is 0 Å². The Morgan fingerprint density at radius 2 is 2.14 bits per heavy atom. The average molecular weight is 305 g/mol. The summed E-state index contributed by atoms with van der Waals surface area (Å²) in [7, 11) is 0. The van der Waals surface area contributed by atoms with E-state index in [1.165, 1.54) is 18.2 Å². The first-order valence-electron chi connectivity index (χ1n) is 6.93. The summed E-state index contributed by atoms with van der Waals surface area (Å²) in [5, 5.41) is 10.8. The number of nitro benzene ring substituents is 1. The molecule has 22 heavy (non-hydrogen) atoms. The average Bonchev–Trinajstić information content (AvgIpc) is 2.50. The summed E-state index contributed by atoms with van der Waals surface area (Å²) in [6, 6.07) is 4.93. The molecule has 1 heterocycles. The van der Waals surface area contributed by atoms with E-state index in [9.17, 15) is 19.7 Å². The number of carbonyl (C=O) groups is 1. The van der Waals surface area contributed by atoms with E-state index in [1.54, 1.807) is 0 Å². The van der Waals surface area contributed by atoms with Gasteiger partial charge in [0, 0.05) is 12.1 Å². The first-order chi connectivity index (χ1) is 10.5. The van der Waals surface area contributed by atoms with Crippen LogP contribution < -0.4 is 5.43 Å². The Morgan fingerprint density at radius 1 is 1.36 bits per heavy atom. The number of rotatable bonds is 6. The number of hydrogen-bond donors (Lipinski definition) is 0. The molecule has 0 fully saturated rings. The molecule has 2 aromatic rings. The van der Waals surface area contributed by atoms with Crippen molar-refractivity contribution in [1.82, 2.24) is 0 Å². The van der Waals surface area contributed by atoms with Crippen LogP contribution in [0.5, 0.6) is 0 Å². The highest BCUT2D eigenvalue weighted by Gasteiger charge is 2.19. The van der Waals surface area contributed by atoms with E-state index in [4.69, 9.17) is 9.15 Å². The van der Waals surface area contributed by atoms with Crippen LogP contribution in [0.1, 0.15) is 36.7 Å². The van der Waals surface area contributed by atoms with Crippen LogP contribution in [-0.4, -0.2) is 17.5 Å². The van der Waals surface area contributed by atoms with Crippen molar-refractivity contribution in [3.05, 3.63) is 50.4 Å². The summed E-state index contributed by atoms with van der Waals surface area (Å²) in [4.78, 5) is 34.1. The topological polar surface area (TPSA) is 99.7 Å². The van der Waals surface area contributed by atoms with E-state index in [0.717, 1.165) is 25.3 Å². The van der Waals surface area contributed by atoms with Gasteiger partial charge in [0.05, 0.1) is 11.5 Å². The SMILES string of the molecule is CCCCCOC(=O)c1cc(=O)c2c([N+](=O)[O-])cccc2o1. The van der Waals surface area contributed by atoms with Crippen LogP contribution in [0, 0.1) is 10.1 Å². The Labute approximate surface area is 125 Å². The lowest BCUT2D eigenvalue weighted by Crippen LogP contribution is -2.11. The van der Waals surface area contributed by atoms with Crippen molar-refractivity contribution < 1.29 is 18.9 Å². The zero-order valence-corrected chi connectivity index (χ0v) is 12.0. The number of nitro groups is 1. The van der Waals surface area contributed by atoms with Gasteiger partial charge in [-0.3, -0.25) is 14.9 Å². The van der Waals surface area contributed by atoms with E-state index in [1.807, 2.05) is 6.92 Å². The second-order valence-electron chi connectivity index (χ2n) is 4.73. The lowest BCUT2D eigenvalue weighted by Gasteiger charge is -2.04. The number of unbranched alkanes of at least 4 members (excludes halogenated alkanes) is 2. The van der Waals surface area contributed by atoms with Crippen LogP contribution in [-0.2, 0) is 4.74 Å². The van der Waals surface area contributed by atoms with Crippen molar-refractivity contribution >= 4 is 22.6 Å². The minimum atomic E-state index is -0.749. The molecule has 0 saturated carbocycles. The van der Waals surface area contributed by atoms with Crippen LogP contribution in [0.15, 0.2) is 33.5 Å². The predicted octanol–water partition coefficient (Wildman–Crippen LogP) is 3.05. The number of esters is 1. The van der Waals surface area contributed by atoms with Gasteiger partial charge in [0.2, 0.25) is 11.2 Å². The third-order valence-corrected chi connectivity index (χ3v) is 3.11. The van der Waals surface area contributed by atoms with E-state index in [-0.39, 0.29) is 29.0 Å². The standard InChI is InChI=1S/C15H15NO6/c1-2-3-4-8-21-15(18)13-9-11(17)14-10(16(19)20)6-5-7-12(14)22-13/h5-7,9H,2-4,8H2,1H3. The lowest BCUT2D eigenvalue weighted by molar-refractivity contribution is -0.383. The number of nitrogens with zero attached hydrogens (tertiary/aromatic N) is 1. The zero-order valence-electron chi connectivity index (χ0n) is 12.0. The molecule has 1 aromatic carbocycles. The molecule has 7 nitrogen and oxygen atoms in total. The molecule has 0 spiro atoms. The van der Waals surface area contributed by atoms with Gasteiger partial charge < -0.3 is 9.15 Å². The van der Waals surface area contributed by atoms with Crippen LogP contribution in [0.25, 0.3) is 11.0 Å². The molecule has 0 amide bonds. The molecule has 0 N–H and O–H groups in total. The summed E-state index contributed by atoms with van der Waals surface area (Å²) >= 11 is 0. The van der Waals surface area contributed by atoms with E-state index in [0.29, 0.717) is 0 Å². The minimum Gasteiger partial charge on any atom is -0.460 e.